The molecule has 1 saturated heterocycles. The van der Waals surface area contributed by atoms with Gasteiger partial charge in [-0.05, 0) is 37.0 Å². The van der Waals surface area contributed by atoms with E-state index in [0.717, 1.165) is 22.1 Å². The average Bonchev–Trinajstić information content (AvgIpc) is 3.51. The Labute approximate surface area is 209 Å². The van der Waals surface area contributed by atoms with E-state index in [1.807, 2.05) is 18.2 Å². The Morgan fingerprint density at radius 2 is 1.95 bits per heavy atom. The number of rotatable bonds is 4. The summed E-state index contributed by atoms with van der Waals surface area (Å²) in [6, 6.07) is 6.61. The number of benzene rings is 1. The zero-order valence-electron chi connectivity index (χ0n) is 19.7. The molecule has 3 aromatic rings. The van der Waals surface area contributed by atoms with E-state index in [1.165, 1.54) is 15.6 Å². The number of pyridine rings is 1. The quantitative estimate of drug-likeness (QED) is 0.534. The summed E-state index contributed by atoms with van der Waals surface area (Å²) in [4.78, 5) is 31.7. The minimum atomic E-state index is -4.47. The second-order valence-electron chi connectivity index (χ2n) is 9.13. The van der Waals surface area contributed by atoms with Crippen LogP contribution in [-0.4, -0.2) is 68.2 Å². The van der Waals surface area contributed by atoms with E-state index in [9.17, 15) is 27.2 Å². The number of para-hydroxylation sites is 1. The smallest absolute Gasteiger partial charge is 0.384 e. The molecule has 2 amide bonds. The zero-order chi connectivity index (χ0) is 26.3. The number of nitrogen functional groups attached to an aromatic ring is 1. The standard InChI is InChI=1S/C25H24F4N6O2/c26-18-13-31-21(30)12-17(18)24(37)33-10-7-15(8-11-33)23-16-4-1-2-5-19(16)35(32-23)14-22(36)34-9-3-6-20(34)25(27,28)29/h1-2,4-5,7,12-13,20H,3,6,8-11,14H2,(H2,30,31)/t20-/m0/s1. The average molecular weight is 516 g/mol. The molecule has 1 aromatic carbocycles. The lowest BCUT2D eigenvalue weighted by molar-refractivity contribution is -0.183. The Morgan fingerprint density at radius 1 is 1.16 bits per heavy atom. The fourth-order valence-electron chi connectivity index (χ4n) is 4.97. The van der Waals surface area contributed by atoms with Gasteiger partial charge in [0.1, 0.15) is 18.4 Å². The number of likely N-dealkylation sites (tertiary alicyclic amines) is 1. The first-order chi connectivity index (χ1) is 17.6. The molecule has 0 saturated carbocycles. The van der Waals surface area contributed by atoms with Crippen LogP contribution in [0.3, 0.4) is 0 Å². The third-order valence-electron chi connectivity index (χ3n) is 6.80. The van der Waals surface area contributed by atoms with Gasteiger partial charge in [-0.3, -0.25) is 14.3 Å². The maximum absolute atomic E-state index is 14.1. The number of nitrogens with two attached hydrogens (primary N) is 1. The number of hydrogen-bond acceptors (Lipinski definition) is 5. The molecular formula is C25H24F4N6O2. The molecular weight excluding hydrogens is 492 g/mol. The third kappa shape index (κ3) is 4.75. The summed E-state index contributed by atoms with van der Waals surface area (Å²) in [7, 11) is 0. The molecule has 2 aliphatic rings. The lowest BCUT2D eigenvalue weighted by atomic mass is 10.0. The Hall–Kier alpha value is -3.96. The van der Waals surface area contributed by atoms with Crippen molar-refractivity contribution in [1.82, 2.24) is 24.6 Å². The monoisotopic (exact) mass is 516 g/mol. The second-order valence-corrected chi connectivity index (χ2v) is 9.13. The topological polar surface area (TPSA) is 97.3 Å². The summed E-state index contributed by atoms with van der Waals surface area (Å²) in [6.45, 7) is 0.256. The van der Waals surface area contributed by atoms with E-state index in [-0.39, 0.29) is 37.4 Å². The van der Waals surface area contributed by atoms with Crippen molar-refractivity contribution < 1.29 is 27.2 Å². The first-order valence-corrected chi connectivity index (χ1v) is 11.8. The van der Waals surface area contributed by atoms with Gasteiger partial charge < -0.3 is 15.5 Å². The van der Waals surface area contributed by atoms with E-state index < -0.39 is 29.8 Å². The van der Waals surface area contributed by atoms with Gasteiger partial charge in [0.2, 0.25) is 5.91 Å². The molecule has 2 aromatic heterocycles. The van der Waals surface area contributed by atoms with E-state index in [4.69, 9.17) is 5.73 Å². The first kappa shape index (κ1) is 24.7. The Bertz CT molecular complexity index is 1400. The third-order valence-corrected chi connectivity index (χ3v) is 6.80. The number of carbonyl (C=O) groups excluding carboxylic acids is 2. The number of aromatic nitrogens is 3. The lowest BCUT2D eigenvalue weighted by Gasteiger charge is -2.26. The van der Waals surface area contributed by atoms with Crippen LogP contribution < -0.4 is 5.73 Å². The Kier molecular flexibility index (Phi) is 6.34. The molecule has 12 heteroatoms. The maximum Gasteiger partial charge on any atom is 0.408 e. The van der Waals surface area contributed by atoms with Gasteiger partial charge in [-0.1, -0.05) is 24.3 Å². The number of alkyl halides is 3. The van der Waals surface area contributed by atoms with Crippen molar-refractivity contribution >= 4 is 34.1 Å². The number of hydrogen-bond donors (Lipinski definition) is 1. The molecule has 0 unspecified atom stereocenters. The van der Waals surface area contributed by atoms with E-state index in [1.54, 1.807) is 12.1 Å². The van der Waals surface area contributed by atoms with Crippen molar-refractivity contribution in [2.24, 2.45) is 0 Å². The molecule has 37 heavy (non-hydrogen) atoms. The summed E-state index contributed by atoms with van der Waals surface area (Å²) in [5.41, 5.74) is 7.50. The number of anilines is 1. The van der Waals surface area contributed by atoms with Crippen molar-refractivity contribution in [3.63, 3.8) is 0 Å². The Balaban J connectivity index is 1.38. The Morgan fingerprint density at radius 3 is 2.68 bits per heavy atom. The molecule has 5 rings (SSSR count). The van der Waals surface area contributed by atoms with E-state index in [2.05, 4.69) is 10.1 Å². The van der Waals surface area contributed by atoms with Gasteiger partial charge >= 0.3 is 6.18 Å². The van der Waals surface area contributed by atoms with Gasteiger partial charge in [-0.25, -0.2) is 9.37 Å². The van der Waals surface area contributed by atoms with Crippen LogP contribution >= 0.6 is 0 Å². The van der Waals surface area contributed by atoms with Crippen LogP contribution in [0, 0.1) is 5.82 Å². The minimum absolute atomic E-state index is 0.0417. The predicted molar refractivity (Wildman–Crippen MR) is 128 cm³/mol. The molecule has 0 aliphatic carbocycles. The number of nitrogens with zero attached hydrogens (tertiary/aromatic N) is 5. The fraction of sp³-hybridized carbons (Fsp3) is 0.360. The highest BCUT2D eigenvalue weighted by Gasteiger charge is 2.47. The molecule has 194 valence electrons. The molecule has 2 N–H and O–H groups in total. The molecule has 0 bridgehead atoms. The number of fused-ring (bicyclic) bond motifs is 1. The van der Waals surface area contributed by atoms with Gasteiger partial charge in [0.25, 0.3) is 5.91 Å². The summed E-state index contributed by atoms with van der Waals surface area (Å²) >= 11 is 0. The highest BCUT2D eigenvalue weighted by molar-refractivity contribution is 5.96. The van der Waals surface area contributed by atoms with E-state index in [0.29, 0.717) is 30.6 Å². The first-order valence-electron chi connectivity index (χ1n) is 11.8. The highest BCUT2D eigenvalue weighted by Crippen LogP contribution is 2.33. The van der Waals surface area contributed by atoms with Crippen LogP contribution in [0.2, 0.25) is 0 Å². The van der Waals surface area contributed by atoms with Crippen LogP contribution in [0.4, 0.5) is 23.4 Å². The predicted octanol–water partition coefficient (Wildman–Crippen LogP) is 3.64. The molecule has 2 aliphatic heterocycles. The maximum atomic E-state index is 14.1. The van der Waals surface area contributed by atoms with Crippen molar-refractivity contribution in [3.05, 3.63) is 59.7 Å². The van der Waals surface area contributed by atoms with Crippen LogP contribution in [-0.2, 0) is 11.3 Å². The summed E-state index contributed by atoms with van der Waals surface area (Å²) in [5.74, 6) is -1.85. The molecule has 1 fully saturated rings. The van der Waals surface area contributed by atoms with Gasteiger partial charge in [0.15, 0.2) is 5.82 Å². The number of carbonyl (C=O) groups is 2. The molecule has 4 heterocycles. The lowest BCUT2D eigenvalue weighted by Crippen LogP contribution is -2.45. The van der Waals surface area contributed by atoms with Gasteiger partial charge in [-0.15, -0.1) is 0 Å². The van der Waals surface area contributed by atoms with Crippen LogP contribution in [0.5, 0.6) is 0 Å². The van der Waals surface area contributed by atoms with Crippen LogP contribution in [0.15, 0.2) is 42.6 Å². The normalized spacial score (nSPS) is 18.4. The molecule has 1 atom stereocenters. The molecule has 0 spiro atoms. The number of amides is 2. The largest absolute Gasteiger partial charge is 0.408 e. The van der Waals surface area contributed by atoms with Crippen molar-refractivity contribution in [2.75, 3.05) is 25.4 Å². The van der Waals surface area contributed by atoms with Crippen LogP contribution in [0.25, 0.3) is 16.5 Å². The van der Waals surface area contributed by atoms with Crippen LogP contribution in [0.1, 0.15) is 35.3 Å². The number of halogens is 4. The summed E-state index contributed by atoms with van der Waals surface area (Å²) in [5, 5.41) is 5.35. The van der Waals surface area contributed by atoms with Crippen molar-refractivity contribution in [2.45, 2.75) is 38.0 Å². The zero-order valence-corrected chi connectivity index (χ0v) is 19.7. The highest BCUT2D eigenvalue weighted by atomic mass is 19.4. The molecule has 0 radical (unpaired) electrons. The fourth-order valence-corrected chi connectivity index (χ4v) is 4.97. The molecule has 8 nitrogen and oxygen atoms in total. The second kappa shape index (κ2) is 9.49. The van der Waals surface area contributed by atoms with Crippen molar-refractivity contribution in [1.29, 1.82) is 0 Å². The van der Waals surface area contributed by atoms with Gasteiger partial charge in [0, 0.05) is 25.0 Å². The van der Waals surface area contributed by atoms with Gasteiger partial charge in [-0.2, -0.15) is 18.3 Å². The minimum Gasteiger partial charge on any atom is -0.384 e. The van der Waals surface area contributed by atoms with Crippen molar-refractivity contribution in [3.8, 4) is 0 Å². The SMILES string of the molecule is Nc1cc(C(=O)N2CC=C(c3nn(CC(=O)N4CCC[C@H]4C(F)(F)F)c4ccccc34)CC2)c(F)cn1. The summed E-state index contributed by atoms with van der Waals surface area (Å²) < 4.78 is 55.6. The van der Waals surface area contributed by atoms with E-state index >= 15 is 0 Å². The summed E-state index contributed by atoms with van der Waals surface area (Å²) in [6.07, 6.45) is -1.12. The van der Waals surface area contributed by atoms with Gasteiger partial charge in [0.05, 0.1) is 23.0 Å².